The van der Waals surface area contributed by atoms with Gasteiger partial charge in [-0.3, -0.25) is 4.98 Å². The summed E-state index contributed by atoms with van der Waals surface area (Å²) in [6.07, 6.45) is 3.24. The number of nitrogens with one attached hydrogen (secondary N) is 1. The lowest BCUT2D eigenvalue weighted by Gasteiger charge is -2.06. The summed E-state index contributed by atoms with van der Waals surface area (Å²) in [7, 11) is -3.54. The van der Waals surface area contributed by atoms with Crippen molar-refractivity contribution in [3.63, 3.8) is 0 Å². The van der Waals surface area contributed by atoms with Crippen LogP contribution in [0.5, 0.6) is 0 Å². The molecule has 0 unspecified atom stereocenters. The third-order valence-electron chi connectivity index (χ3n) is 3.13. The van der Waals surface area contributed by atoms with Gasteiger partial charge in [-0.05, 0) is 30.5 Å². The molecule has 3 aromatic rings. The topological polar surface area (TPSA) is 89.8 Å². The summed E-state index contributed by atoms with van der Waals surface area (Å²) >= 11 is 1.59. The van der Waals surface area contributed by atoms with Crippen molar-refractivity contribution in [2.24, 2.45) is 0 Å². The molecule has 0 fully saturated rings. The van der Waals surface area contributed by atoms with Crippen LogP contribution in [0.3, 0.4) is 0 Å². The minimum atomic E-state index is -3.54. The van der Waals surface area contributed by atoms with Gasteiger partial charge in [-0.2, -0.15) is 4.98 Å². The fourth-order valence-corrected chi connectivity index (χ4v) is 3.38. The van der Waals surface area contributed by atoms with E-state index in [4.69, 9.17) is 0 Å². The van der Waals surface area contributed by atoms with Crippen LogP contribution in [0.15, 0.2) is 42.0 Å². The SMILES string of the molecule is CCS(=O)(=O)n1nc(-c2cccnc2)nc1NCc1cccs1. The number of hydrogen-bond acceptors (Lipinski definition) is 7. The van der Waals surface area contributed by atoms with Gasteiger partial charge in [0.25, 0.3) is 10.0 Å². The van der Waals surface area contributed by atoms with Gasteiger partial charge in [-0.25, -0.2) is 8.42 Å². The molecule has 0 bridgehead atoms. The minimum absolute atomic E-state index is 0.0590. The second-order valence-electron chi connectivity index (χ2n) is 4.68. The molecule has 23 heavy (non-hydrogen) atoms. The van der Waals surface area contributed by atoms with E-state index >= 15 is 0 Å². The zero-order valence-electron chi connectivity index (χ0n) is 12.4. The van der Waals surface area contributed by atoms with E-state index in [0.717, 1.165) is 8.96 Å². The first-order chi connectivity index (χ1) is 11.1. The second kappa shape index (κ2) is 6.47. The average molecular weight is 349 g/mol. The Morgan fingerprint density at radius 3 is 2.83 bits per heavy atom. The summed E-state index contributed by atoms with van der Waals surface area (Å²) in [6, 6.07) is 7.45. The first kappa shape index (κ1) is 15.6. The molecule has 0 atom stereocenters. The van der Waals surface area contributed by atoms with Gasteiger partial charge in [-0.15, -0.1) is 20.5 Å². The molecule has 0 amide bonds. The summed E-state index contributed by atoms with van der Waals surface area (Å²) in [4.78, 5) is 9.41. The third kappa shape index (κ3) is 3.40. The fourth-order valence-electron chi connectivity index (χ4n) is 1.92. The molecule has 0 aliphatic heterocycles. The third-order valence-corrected chi connectivity index (χ3v) is 5.51. The molecule has 0 spiro atoms. The molecule has 0 aromatic carbocycles. The van der Waals surface area contributed by atoms with Crippen LogP contribution in [-0.4, -0.2) is 33.3 Å². The van der Waals surface area contributed by atoms with Crippen LogP contribution in [0.2, 0.25) is 0 Å². The molecular formula is C14H15N5O2S2. The van der Waals surface area contributed by atoms with Gasteiger partial charge >= 0.3 is 0 Å². The average Bonchev–Trinajstić information content (AvgIpc) is 3.23. The van der Waals surface area contributed by atoms with Gasteiger partial charge in [0.05, 0.1) is 12.3 Å². The molecule has 0 aliphatic rings. The summed E-state index contributed by atoms with van der Waals surface area (Å²) < 4.78 is 25.4. The Morgan fingerprint density at radius 2 is 2.17 bits per heavy atom. The van der Waals surface area contributed by atoms with Gasteiger partial charge in [0.1, 0.15) is 0 Å². The lowest BCUT2D eigenvalue weighted by atomic mass is 10.3. The predicted octanol–water partition coefficient (Wildman–Crippen LogP) is 2.21. The Bertz CT molecular complexity index is 873. The molecule has 0 aliphatic carbocycles. The Hall–Kier alpha value is -2.26. The molecule has 3 aromatic heterocycles. The highest BCUT2D eigenvalue weighted by molar-refractivity contribution is 7.89. The lowest BCUT2D eigenvalue weighted by Crippen LogP contribution is -2.19. The van der Waals surface area contributed by atoms with Crippen molar-refractivity contribution < 1.29 is 8.42 Å². The number of pyridine rings is 1. The largest absolute Gasteiger partial charge is 0.349 e. The molecule has 1 N–H and O–H groups in total. The summed E-state index contributed by atoms with van der Waals surface area (Å²) in [5, 5.41) is 9.15. The highest BCUT2D eigenvalue weighted by Crippen LogP contribution is 2.19. The maximum Gasteiger partial charge on any atom is 0.256 e. The van der Waals surface area contributed by atoms with E-state index in [1.165, 1.54) is 0 Å². The van der Waals surface area contributed by atoms with Crippen LogP contribution in [0.4, 0.5) is 5.95 Å². The molecule has 7 nitrogen and oxygen atoms in total. The molecule has 120 valence electrons. The van der Waals surface area contributed by atoms with Gasteiger partial charge < -0.3 is 5.32 Å². The first-order valence-corrected chi connectivity index (χ1v) is 9.46. The Balaban J connectivity index is 1.97. The molecular weight excluding hydrogens is 334 g/mol. The van der Waals surface area contributed by atoms with E-state index in [2.05, 4.69) is 20.4 Å². The van der Waals surface area contributed by atoms with Gasteiger partial charge in [0.2, 0.25) is 5.95 Å². The second-order valence-corrected chi connectivity index (χ2v) is 7.80. The van der Waals surface area contributed by atoms with Gasteiger partial charge in [0.15, 0.2) is 5.82 Å². The van der Waals surface area contributed by atoms with E-state index in [0.29, 0.717) is 17.9 Å². The van der Waals surface area contributed by atoms with Crippen LogP contribution >= 0.6 is 11.3 Å². The van der Waals surface area contributed by atoms with E-state index in [1.54, 1.807) is 42.8 Å². The van der Waals surface area contributed by atoms with Crippen molar-refractivity contribution in [2.75, 3.05) is 11.1 Å². The maximum absolute atomic E-state index is 12.2. The number of anilines is 1. The molecule has 9 heteroatoms. The standard InChI is InChI=1S/C14H15N5O2S2/c1-2-23(20,21)19-14(16-10-12-6-4-8-22-12)17-13(18-19)11-5-3-7-15-9-11/h3-9H,2,10H2,1H3,(H,16,17,18). The zero-order valence-corrected chi connectivity index (χ0v) is 14.0. The highest BCUT2D eigenvalue weighted by Gasteiger charge is 2.20. The minimum Gasteiger partial charge on any atom is -0.349 e. The lowest BCUT2D eigenvalue weighted by molar-refractivity contribution is 0.582. The number of rotatable bonds is 6. The Kier molecular flexibility index (Phi) is 4.39. The van der Waals surface area contributed by atoms with Crippen LogP contribution in [0.1, 0.15) is 11.8 Å². The number of hydrogen-bond donors (Lipinski definition) is 1. The number of thiophene rings is 1. The zero-order chi connectivity index (χ0) is 16.3. The smallest absolute Gasteiger partial charge is 0.256 e. The maximum atomic E-state index is 12.2. The van der Waals surface area contributed by atoms with Crippen LogP contribution < -0.4 is 5.32 Å². The summed E-state index contributed by atoms with van der Waals surface area (Å²) in [5.41, 5.74) is 0.664. The Morgan fingerprint density at radius 1 is 1.30 bits per heavy atom. The van der Waals surface area contributed by atoms with Crippen molar-refractivity contribution in [1.29, 1.82) is 0 Å². The van der Waals surface area contributed by atoms with Crippen molar-refractivity contribution in [3.8, 4) is 11.4 Å². The van der Waals surface area contributed by atoms with E-state index in [1.807, 2.05) is 17.5 Å². The number of nitrogens with zero attached hydrogens (tertiary/aromatic N) is 4. The monoisotopic (exact) mass is 349 g/mol. The molecule has 3 rings (SSSR count). The van der Waals surface area contributed by atoms with Crippen molar-refractivity contribution >= 4 is 27.3 Å². The van der Waals surface area contributed by atoms with Gasteiger partial charge in [-0.1, -0.05) is 6.07 Å². The highest BCUT2D eigenvalue weighted by atomic mass is 32.2. The Labute approximate surface area is 138 Å². The fraction of sp³-hybridized carbons (Fsp3) is 0.214. The van der Waals surface area contributed by atoms with E-state index in [9.17, 15) is 8.42 Å². The quantitative estimate of drug-likeness (QED) is 0.734. The van der Waals surface area contributed by atoms with Crippen molar-refractivity contribution in [1.82, 2.24) is 19.2 Å². The van der Waals surface area contributed by atoms with Crippen LogP contribution in [0.25, 0.3) is 11.4 Å². The molecule has 3 heterocycles. The molecule has 0 saturated heterocycles. The number of aromatic nitrogens is 4. The van der Waals surface area contributed by atoms with Crippen molar-refractivity contribution in [2.45, 2.75) is 13.5 Å². The van der Waals surface area contributed by atoms with Crippen molar-refractivity contribution in [3.05, 3.63) is 46.9 Å². The normalized spacial score (nSPS) is 11.5. The molecule has 0 saturated carbocycles. The van der Waals surface area contributed by atoms with Gasteiger partial charge in [0, 0.05) is 22.8 Å². The van der Waals surface area contributed by atoms with Crippen LogP contribution in [-0.2, 0) is 16.6 Å². The molecule has 0 radical (unpaired) electrons. The first-order valence-electron chi connectivity index (χ1n) is 6.97. The van der Waals surface area contributed by atoms with E-state index < -0.39 is 10.0 Å². The summed E-state index contributed by atoms with van der Waals surface area (Å²) in [5.74, 6) is 0.471. The predicted molar refractivity (Wildman–Crippen MR) is 89.8 cm³/mol. The summed E-state index contributed by atoms with van der Waals surface area (Å²) in [6.45, 7) is 2.06. The van der Waals surface area contributed by atoms with Crippen LogP contribution in [0, 0.1) is 0 Å². The van der Waals surface area contributed by atoms with E-state index in [-0.39, 0.29) is 11.7 Å².